The van der Waals surface area contributed by atoms with Crippen molar-refractivity contribution in [2.75, 3.05) is 32.8 Å². The van der Waals surface area contributed by atoms with Crippen LogP contribution in [0.3, 0.4) is 0 Å². The van der Waals surface area contributed by atoms with E-state index in [1.165, 1.54) is 0 Å². The molecular formula is C42H66N6O10. The van der Waals surface area contributed by atoms with Crippen LogP contribution >= 0.6 is 0 Å². The molecule has 5 N–H and O–H groups in total. The van der Waals surface area contributed by atoms with Crippen LogP contribution in [0.25, 0.3) is 10.4 Å². The molecule has 0 bridgehead atoms. The number of aliphatic carboxylic acids is 2. The van der Waals surface area contributed by atoms with Gasteiger partial charge in [-0.2, -0.15) is 0 Å². The Balaban J connectivity index is 2.57. The maximum atomic E-state index is 13.3. The Hall–Kier alpha value is -4.98. The van der Waals surface area contributed by atoms with E-state index in [-0.39, 0.29) is 67.3 Å². The van der Waals surface area contributed by atoms with Crippen molar-refractivity contribution in [1.29, 1.82) is 0 Å². The topological polar surface area (TPSA) is 254 Å². The van der Waals surface area contributed by atoms with Gasteiger partial charge in [-0.1, -0.05) is 50.1 Å². The summed E-state index contributed by atoms with van der Waals surface area (Å²) in [6, 6.07) is 4.73. The molecule has 0 unspecified atom stereocenters. The molecular weight excluding hydrogens is 748 g/mol. The Morgan fingerprint density at radius 2 is 1.00 bits per heavy atom. The molecule has 0 saturated carbocycles. The van der Waals surface area contributed by atoms with Crippen LogP contribution in [0, 0.1) is 0 Å². The van der Waals surface area contributed by atoms with Crippen LogP contribution in [0.5, 0.6) is 5.75 Å². The molecule has 1 aromatic rings. The third kappa shape index (κ3) is 29.3. The summed E-state index contributed by atoms with van der Waals surface area (Å²) in [5, 5.41) is 29.4. The van der Waals surface area contributed by atoms with E-state index in [9.17, 15) is 33.6 Å². The number of amides is 3. The van der Waals surface area contributed by atoms with Crippen molar-refractivity contribution in [3.63, 3.8) is 0 Å². The van der Waals surface area contributed by atoms with E-state index in [1.54, 1.807) is 18.2 Å². The molecule has 0 aliphatic carbocycles. The van der Waals surface area contributed by atoms with Gasteiger partial charge in [0.2, 0.25) is 11.8 Å². The summed E-state index contributed by atoms with van der Waals surface area (Å²) in [7, 11) is 0. The van der Waals surface area contributed by atoms with E-state index < -0.39 is 11.9 Å². The highest BCUT2D eigenvalue weighted by atomic mass is 16.5. The molecule has 1 rings (SSSR count). The van der Waals surface area contributed by atoms with Gasteiger partial charge in [-0.3, -0.25) is 33.6 Å². The quantitative estimate of drug-likeness (QED) is 0.0143. The summed E-state index contributed by atoms with van der Waals surface area (Å²) in [5.41, 5.74) is 8.96. The molecule has 16 nitrogen and oxygen atoms in total. The number of hydrogen-bond donors (Lipinski definition) is 5. The Morgan fingerprint density at radius 1 is 0.534 bits per heavy atom. The Labute approximate surface area is 342 Å². The van der Waals surface area contributed by atoms with Gasteiger partial charge in [0.25, 0.3) is 5.91 Å². The molecule has 0 atom stereocenters. The van der Waals surface area contributed by atoms with Crippen molar-refractivity contribution >= 4 is 41.2 Å². The highest BCUT2D eigenvalue weighted by molar-refractivity contribution is 6.01. The smallest absolute Gasteiger partial charge is 0.303 e. The monoisotopic (exact) mass is 814 g/mol. The van der Waals surface area contributed by atoms with Gasteiger partial charge in [0.05, 0.1) is 6.54 Å². The van der Waals surface area contributed by atoms with E-state index in [0.29, 0.717) is 108 Å². The van der Waals surface area contributed by atoms with Gasteiger partial charge in [-0.05, 0) is 87.9 Å². The van der Waals surface area contributed by atoms with Crippen LogP contribution in [0.2, 0.25) is 0 Å². The first-order valence-electron chi connectivity index (χ1n) is 21.1. The number of carbonyl (C=O) groups is 7. The average molecular weight is 815 g/mol. The van der Waals surface area contributed by atoms with E-state index in [1.807, 2.05) is 0 Å². The number of ether oxygens (including phenoxy) is 1. The molecule has 0 heterocycles. The van der Waals surface area contributed by atoms with Crippen LogP contribution < -0.4 is 20.7 Å². The highest BCUT2D eigenvalue weighted by Crippen LogP contribution is 2.20. The highest BCUT2D eigenvalue weighted by Gasteiger charge is 2.15. The number of carboxylic acid groups (broad SMARTS) is 2. The summed E-state index contributed by atoms with van der Waals surface area (Å²) < 4.78 is 5.87. The van der Waals surface area contributed by atoms with Crippen LogP contribution in [0.4, 0.5) is 0 Å². The second-order valence-electron chi connectivity index (χ2n) is 14.5. The number of azide groups is 1. The fourth-order valence-electron chi connectivity index (χ4n) is 6.08. The number of rotatable bonds is 38. The Kier molecular flexibility index (Phi) is 30.0. The van der Waals surface area contributed by atoms with Gasteiger partial charge in [0.15, 0.2) is 5.78 Å². The standard InChI is InChI=1S/C42H66N6O10/c43-48-47-27-17-6-12-22-39(52)45-28-29-58-36-31-33(37(50)20-10-2-3-11-21-38(51)44-25-15-7-14-24-41(55)56)30-34(32-36)42(57)46-26-16-5-9-19-35(49)18-8-1-4-13-23-40(53)54/h30-32H,1-29H2,(H,44,51)(H,45,52)(H,46,57)(H,53,54)(H,55,56). The zero-order valence-electron chi connectivity index (χ0n) is 34.2. The van der Waals surface area contributed by atoms with Crippen LogP contribution in [0.1, 0.15) is 175 Å². The minimum Gasteiger partial charge on any atom is -0.492 e. The second kappa shape index (κ2) is 34.1. The number of unbranched alkanes of at least 4 members (excludes halogenated alkanes) is 12. The maximum Gasteiger partial charge on any atom is 0.303 e. The normalized spacial score (nSPS) is 10.6. The van der Waals surface area contributed by atoms with Crippen molar-refractivity contribution in [3.05, 3.63) is 39.8 Å². The van der Waals surface area contributed by atoms with Crippen LogP contribution in [-0.4, -0.2) is 84.2 Å². The van der Waals surface area contributed by atoms with Crippen molar-refractivity contribution in [2.45, 2.75) is 154 Å². The fraction of sp³-hybridized carbons (Fsp3) is 0.690. The first kappa shape index (κ1) is 51.0. The van der Waals surface area contributed by atoms with E-state index >= 15 is 0 Å². The third-order valence-corrected chi connectivity index (χ3v) is 9.37. The summed E-state index contributed by atoms with van der Waals surface area (Å²) in [6.07, 6.45) is 14.5. The maximum absolute atomic E-state index is 13.3. The Morgan fingerprint density at radius 3 is 1.57 bits per heavy atom. The van der Waals surface area contributed by atoms with Crippen LogP contribution in [-0.2, 0) is 24.0 Å². The van der Waals surface area contributed by atoms with Gasteiger partial charge < -0.3 is 30.9 Å². The molecule has 0 aliphatic rings. The minimum absolute atomic E-state index is 0.0415. The zero-order chi connectivity index (χ0) is 42.6. The lowest BCUT2D eigenvalue weighted by atomic mass is 10.0. The van der Waals surface area contributed by atoms with Crippen LogP contribution in [0.15, 0.2) is 23.3 Å². The van der Waals surface area contributed by atoms with E-state index in [2.05, 4.69) is 26.0 Å². The number of benzene rings is 1. The number of hydrogen-bond acceptors (Lipinski definition) is 9. The summed E-state index contributed by atoms with van der Waals surface area (Å²) in [6.45, 7) is 1.68. The summed E-state index contributed by atoms with van der Waals surface area (Å²) in [4.78, 5) is 86.8. The molecule has 58 heavy (non-hydrogen) atoms. The number of Topliss-reactive ketones (excluding diaryl/α,β-unsaturated/α-hetero) is 2. The largest absolute Gasteiger partial charge is 0.492 e. The number of nitrogens with zero attached hydrogens (tertiary/aromatic N) is 3. The third-order valence-electron chi connectivity index (χ3n) is 9.37. The number of carbonyl (C=O) groups excluding carboxylic acids is 5. The molecule has 16 heteroatoms. The summed E-state index contributed by atoms with van der Waals surface area (Å²) >= 11 is 0. The van der Waals surface area contributed by atoms with E-state index in [4.69, 9.17) is 20.5 Å². The lowest BCUT2D eigenvalue weighted by Gasteiger charge is -2.12. The van der Waals surface area contributed by atoms with Crippen molar-refractivity contribution in [3.8, 4) is 5.75 Å². The van der Waals surface area contributed by atoms with Gasteiger partial charge in [-0.25, -0.2) is 0 Å². The molecule has 0 fully saturated rings. The SMILES string of the molecule is [N-]=[N+]=NCCCCCC(=O)NCCOc1cc(C(=O)CCCCCCC(=O)NCCCCCC(=O)O)cc(C(=O)NCCCCCC(=O)CCCCCCC(=O)O)c1. The van der Waals surface area contributed by atoms with Crippen molar-refractivity contribution in [2.24, 2.45) is 5.11 Å². The van der Waals surface area contributed by atoms with Gasteiger partial charge in [0.1, 0.15) is 18.1 Å². The zero-order valence-corrected chi connectivity index (χ0v) is 34.2. The minimum atomic E-state index is -0.817. The van der Waals surface area contributed by atoms with Gasteiger partial charge in [-0.15, -0.1) is 0 Å². The van der Waals surface area contributed by atoms with Gasteiger partial charge in [0, 0.05) is 80.6 Å². The molecule has 0 saturated heterocycles. The van der Waals surface area contributed by atoms with Crippen molar-refractivity contribution in [1.82, 2.24) is 16.0 Å². The van der Waals surface area contributed by atoms with Gasteiger partial charge >= 0.3 is 11.9 Å². The average Bonchev–Trinajstić information content (AvgIpc) is 3.19. The lowest BCUT2D eigenvalue weighted by molar-refractivity contribution is -0.138. The number of nitrogens with one attached hydrogen (secondary N) is 3. The van der Waals surface area contributed by atoms with E-state index in [0.717, 1.165) is 57.8 Å². The number of carboxylic acids is 2. The molecule has 1 aromatic carbocycles. The first-order valence-corrected chi connectivity index (χ1v) is 21.1. The predicted octanol–water partition coefficient (Wildman–Crippen LogP) is 7.62. The predicted molar refractivity (Wildman–Crippen MR) is 220 cm³/mol. The summed E-state index contributed by atoms with van der Waals surface area (Å²) in [5.74, 6) is -1.76. The molecule has 0 aromatic heterocycles. The second-order valence-corrected chi connectivity index (χ2v) is 14.5. The molecule has 3 amide bonds. The molecule has 324 valence electrons. The first-order chi connectivity index (χ1) is 28.0. The molecule has 0 aliphatic heterocycles. The lowest BCUT2D eigenvalue weighted by Crippen LogP contribution is -2.28. The molecule has 0 spiro atoms. The van der Waals surface area contributed by atoms with Crippen molar-refractivity contribution < 1.29 is 48.5 Å². The Bertz CT molecular complexity index is 1380. The molecule has 0 radical (unpaired) electrons. The number of ketones is 2. The fourth-order valence-corrected chi connectivity index (χ4v) is 6.08.